The highest BCUT2D eigenvalue weighted by molar-refractivity contribution is 5.50. The summed E-state index contributed by atoms with van der Waals surface area (Å²) in [6, 6.07) is 1.00. The van der Waals surface area contributed by atoms with E-state index in [2.05, 4.69) is 15.3 Å². The predicted octanol–water partition coefficient (Wildman–Crippen LogP) is 3.04. The Balaban J connectivity index is 2.33. The highest BCUT2D eigenvalue weighted by atomic mass is 19.4. The van der Waals surface area contributed by atoms with E-state index in [1.807, 2.05) is 5.32 Å². The molecule has 0 amide bonds. The molecule has 0 radical (unpaired) electrons. The number of rotatable bonds is 3. The van der Waals surface area contributed by atoms with Gasteiger partial charge in [-0.2, -0.15) is 26.3 Å². The third-order valence-corrected chi connectivity index (χ3v) is 2.90. The van der Waals surface area contributed by atoms with Crippen molar-refractivity contribution in [2.75, 3.05) is 17.7 Å². The maximum absolute atomic E-state index is 12.8. The van der Waals surface area contributed by atoms with Gasteiger partial charge in [-0.1, -0.05) is 0 Å². The van der Waals surface area contributed by atoms with E-state index in [4.69, 9.17) is 0 Å². The second-order valence-electron chi connectivity index (χ2n) is 4.41. The van der Waals surface area contributed by atoms with Crippen molar-refractivity contribution in [3.05, 3.63) is 11.9 Å². The van der Waals surface area contributed by atoms with Gasteiger partial charge < -0.3 is 10.6 Å². The van der Waals surface area contributed by atoms with E-state index < -0.39 is 29.5 Å². The molecule has 1 fully saturated rings. The summed E-state index contributed by atoms with van der Waals surface area (Å²) in [5.74, 6) is -2.22. The summed E-state index contributed by atoms with van der Waals surface area (Å²) in [5, 5.41) is 4.39. The van der Waals surface area contributed by atoms with Crippen molar-refractivity contribution in [3.8, 4) is 0 Å². The Morgan fingerprint density at radius 1 is 1.05 bits per heavy atom. The number of hydrogen-bond donors (Lipinski definition) is 2. The molecule has 1 aliphatic carbocycles. The molecule has 0 aliphatic heterocycles. The molecule has 2 rings (SSSR count). The first-order chi connectivity index (χ1) is 9.07. The van der Waals surface area contributed by atoms with Crippen LogP contribution in [0.15, 0.2) is 6.07 Å². The van der Waals surface area contributed by atoms with E-state index in [0.29, 0.717) is 0 Å². The average Bonchev–Trinajstić information content (AvgIpc) is 3.07. The molecule has 0 atom stereocenters. The largest absolute Gasteiger partial charge is 0.451 e. The molecule has 1 aliphatic rings. The molecule has 20 heavy (non-hydrogen) atoms. The summed E-state index contributed by atoms with van der Waals surface area (Å²) in [5.41, 5.74) is -2.19. The van der Waals surface area contributed by atoms with E-state index in [9.17, 15) is 26.3 Å². The Bertz CT molecular complexity index is 505. The Hall–Kier alpha value is -1.74. The van der Waals surface area contributed by atoms with Gasteiger partial charge in [0.1, 0.15) is 17.2 Å². The zero-order chi connectivity index (χ0) is 15.2. The molecule has 1 saturated carbocycles. The minimum absolute atomic E-state index is 0.198. The van der Waals surface area contributed by atoms with E-state index in [1.165, 1.54) is 7.05 Å². The highest BCUT2D eigenvalue weighted by Gasteiger charge is 2.63. The number of hydrogen-bond acceptors (Lipinski definition) is 4. The fraction of sp³-hybridized carbons (Fsp3) is 0.600. The summed E-state index contributed by atoms with van der Waals surface area (Å²) >= 11 is 0. The monoisotopic (exact) mass is 300 g/mol. The molecule has 0 spiro atoms. The van der Waals surface area contributed by atoms with Crippen LogP contribution in [-0.2, 0) is 6.18 Å². The van der Waals surface area contributed by atoms with Crippen molar-refractivity contribution in [1.82, 2.24) is 9.97 Å². The van der Waals surface area contributed by atoms with Gasteiger partial charge in [0.05, 0.1) is 0 Å². The quantitative estimate of drug-likeness (QED) is 0.842. The van der Waals surface area contributed by atoms with Gasteiger partial charge in [-0.05, 0) is 12.8 Å². The van der Waals surface area contributed by atoms with Crippen LogP contribution >= 0.6 is 0 Å². The topological polar surface area (TPSA) is 49.8 Å². The molecule has 1 aromatic heterocycles. The number of anilines is 2. The van der Waals surface area contributed by atoms with Crippen molar-refractivity contribution in [2.24, 2.45) is 0 Å². The van der Waals surface area contributed by atoms with Gasteiger partial charge in [-0.25, -0.2) is 9.97 Å². The van der Waals surface area contributed by atoms with Crippen LogP contribution < -0.4 is 10.6 Å². The van der Waals surface area contributed by atoms with E-state index in [-0.39, 0.29) is 18.7 Å². The number of aromatic nitrogens is 2. The van der Waals surface area contributed by atoms with Crippen LogP contribution in [-0.4, -0.2) is 28.7 Å². The number of nitrogens with zero attached hydrogens (tertiary/aromatic N) is 2. The Morgan fingerprint density at radius 3 is 2.00 bits per heavy atom. The first-order valence-corrected chi connectivity index (χ1v) is 5.56. The second-order valence-corrected chi connectivity index (χ2v) is 4.41. The number of alkyl halides is 6. The maximum Gasteiger partial charge on any atom is 0.451 e. The summed E-state index contributed by atoms with van der Waals surface area (Å²) in [4.78, 5) is 6.27. The molecule has 2 N–H and O–H groups in total. The molecular weight excluding hydrogens is 290 g/mol. The summed E-state index contributed by atoms with van der Waals surface area (Å²) < 4.78 is 76.0. The van der Waals surface area contributed by atoms with Crippen molar-refractivity contribution in [2.45, 2.75) is 30.7 Å². The minimum Gasteiger partial charge on any atom is -0.373 e. The van der Waals surface area contributed by atoms with Gasteiger partial charge in [0.25, 0.3) is 0 Å². The SMILES string of the molecule is CNc1cc(NC2(C(F)(F)F)CC2)nc(C(F)(F)F)n1. The first kappa shape index (κ1) is 14.7. The van der Waals surface area contributed by atoms with Gasteiger partial charge in [0.15, 0.2) is 0 Å². The molecule has 1 heterocycles. The lowest BCUT2D eigenvalue weighted by atomic mass is 10.2. The standard InChI is InChI=1S/C10H10F6N4/c1-17-5-4-6(19-7(18-5)9(11,12)13)20-8(2-3-8)10(14,15)16/h4H,2-3H2,1H3,(H2,17,18,19,20). The normalized spacial score (nSPS) is 17.8. The van der Waals surface area contributed by atoms with Crippen molar-refractivity contribution < 1.29 is 26.3 Å². The van der Waals surface area contributed by atoms with Crippen LogP contribution in [0.25, 0.3) is 0 Å². The van der Waals surface area contributed by atoms with Crippen LogP contribution in [0.3, 0.4) is 0 Å². The van der Waals surface area contributed by atoms with Crippen LogP contribution in [0.5, 0.6) is 0 Å². The molecule has 4 nitrogen and oxygen atoms in total. The molecule has 0 bridgehead atoms. The Morgan fingerprint density at radius 2 is 1.60 bits per heavy atom. The zero-order valence-corrected chi connectivity index (χ0v) is 10.2. The van der Waals surface area contributed by atoms with Crippen molar-refractivity contribution in [3.63, 3.8) is 0 Å². The lowest BCUT2D eigenvalue weighted by Gasteiger charge is -2.22. The minimum atomic E-state index is -4.84. The molecule has 0 unspecified atom stereocenters. The van der Waals surface area contributed by atoms with E-state index in [1.54, 1.807) is 0 Å². The summed E-state index contributed by atoms with van der Waals surface area (Å²) in [6.07, 6.45) is -9.78. The van der Waals surface area contributed by atoms with Crippen LogP contribution in [0.4, 0.5) is 38.0 Å². The summed E-state index contributed by atoms with van der Waals surface area (Å²) in [6.45, 7) is 0. The molecule has 1 aromatic rings. The Kier molecular flexibility index (Phi) is 3.22. The highest BCUT2D eigenvalue weighted by Crippen LogP contribution is 2.51. The Labute approximate surface area is 109 Å². The molecule has 10 heteroatoms. The lowest BCUT2D eigenvalue weighted by Crippen LogP contribution is -2.39. The van der Waals surface area contributed by atoms with E-state index in [0.717, 1.165) is 6.07 Å². The summed E-state index contributed by atoms with van der Waals surface area (Å²) in [7, 11) is 1.31. The third-order valence-electron chi connectivity index (χ3n) is 2.90. The maximum atomic E-state index is 12.8. The molecule has 0 saturated heterocycles. The second kappa shape index (κ2) is 4.38. The predicted molar refractivity (Wildman–Crippen MR) is 58.2 cm³/mol. The average molecular weight is 300 g/mol. The molecule has 0 aromatic carbocycles. The van der Waals surface area contributed by atoms with Crippen LogP contribution in [0.2, 0.25) is 0 Å². The van der Waals surface area contributed by atoms with E-state index >= 15 is 0 Å². The smallest absolute Gasteiger partial charge is 0.373 e. The van der Waals surface area contributed by atoms with Crippen LogP contribution in [0.1, 0.15) is 18.7 Å². The number of halogens is 6. The first-order valence-electron chi connectivity index (χ1n) is 5.56. The molecular formula is C10H10F6N4. The van der Waals surface area contributed by atoms with Gasteiger partial charge in [0, 0.05) is 13.1 Å². The van der Waals surface area contributed by atoms with Gasteiger partial charge in [0.2, 0.25) is 5.82 Å². The number of nitrogens with one attached hydrogen (secondary N) is 2. The molecule has 112 valence electrons. The van der Waals surface area contributed by atoms with Crippen LogP contribution in [0, 0.1) is 0 Å². The van der Waals surface area contributed by atoms with Gasteiger partial charge in [-0.3, -0.25) is 0 Å². The third kappa shape index (κ3) is 2.73. The van der Waals surface area contributed by atoms with Crippen molar-refractivity contribution in [1.29, 1.82) is 0 Å². The van der Waals surface area contributed by atoms with Gasteiger partial charge >= 0.3 is 12.4 Å². The fourth-order valence-corrected chi connectivity index (χ4v) is 1.62. The zero-order valence-electron chi connectivity index (χ0n) is 10.2. The van der Waals surface area contributed by atoms with Crippen molar-refractivity contribution >= 4 is 11.6 Å². The lowest BCUT2D eigenvalue weighted by molar-refractivity contribution is -0.151. The van der Waals surface area contributed by atoms with Gasteiger partial charge in [-0.15, -0.1) is 0 Å². The fourth-order valence-electron chi connectivity index (χ4n) is 1.62.